The van der Waals surface area contributed by atoms with Crippen LogP contribution >= 0.6 is 0 Å². The van der Waals surface area contributed by atoms with Gasteiger partial charge in [-0.3, -0.25) is 9.89 Å². The van der Waals surface area contributed by atoms with E-state index < -0.39 is 37.1 Å². The van der Waals surface area contributed by atoms with Gasteiger partial charge < -0.3 is 9.47 Å². The summed E-state index contributed by atoms with van der Waals surface area (Å²) in [5.41, 5.74) is -0.187. The number of aromatic nitrogens is 4. The van der Waals surface area contributed by atoms with Crippen molar-refractivity contribution in [1.29, 1.82) is 0 Å². The molecule has 7 nitrogen and oxygen atoms in total. The summed E-state index contributed by atoms with van der Waals surface area (Å²) in [5, 5.41) is 6.23. The summed E-state index contributed by atoms with van der Waals surface area (Å²) in [5.74, 6) is -0.147. The lowest BCUT2D eigenvalue weighted by molar-refractivity contribution is -0.155. The molecule has 0 atom stereocenters. The van der Waals surface area contributed by atoms with E-state index >= 15 is 0 Å². The van der Waals surface area contributed by atoms with Crippen LogP contribution in [0, 0.1) is 6.92 Å². The zero-order valence-electron chi connectivity index (χ0n) is 15.7. The van der Waals surface area contributed by atoms with Crippen molar-refractivity contribution in [2.75, 3.05) is 13.2 Å². The Morgan fingerprint density at radius 1 is 1.00 bits per heavy atom. The number of H-pyrrole nitrogens is 1. The minimum Gasteiger partial charge on any atom is -0.484 e. The highest BCUT2D eigenvalue weighted by Gasteiger charge is 2.30. The molecule has 31 heavy (non-hydrogen) atoms. The third-order valence-corrected chi connectivity index (χ3v) is 3.91. The maximum Gasteiger partial charge on any atom is 0.422 e. The van der Waals surface area contributed by atoms with Gasteiger partial charge in [0.25, 0.3) is 5.56 Å². The molecule has 0 amide bonds. The Morgan fingerprint density at radius 2 is 1.61 bits per heavy atom. The monoisotopic (exact) mass is 448 g/mol. The average Bonchev–Trinajstić information content (AvgIpc) is 3.21. The molecular weight excluding hydrogens is 434 g/mol. The first-order chi connectivity index (χ1) is 14.4. The lowest BCUT2D eigenvalue weighted by atomic mass is 10.1. The molecule has 2 aromatic heterocycles. The number of nitrogens with zero attached hydrogens (tertiary/aromatic N) is 3. The summed E-state index contributed by atoms with van der Waals surface area (Å²) in [6, 6.07) is 4.03. The van der Waals surface area contributed by atoms with E-state index in [2.05, 4.69) is 19.9 Å². The summed E-state index contributed by atoms with van der Waals surface area (Å²) < 4.78 is 85.1. The molecule has 1 N–H and O–H groups in total. The normalized spacial score (nSPS) is 12.1. The average molecular weight is 448 g/mol. The van der Waals surface area contributed by atoms with E-state index in [9.17, 15) is 31.1 Å². The Balaban J connectivity index is 2.03. The topological polar surface area (TPSA) is 82.0 Å². The van der Waals surface area contributed by atoms with Crippen LogP contribution in [0.1, 0.15) is 5.56 Å². The van der Waals surface area contributed by atoms with Gasteiger partial charge in [-0.15, -0.1) is 0 Å². The van der Waals surface area contributed by atoms with Crippen molar-refractivity contribution >= 4 is 0 Å². The maximum atomic E-state index is 12.9. The molecule has 2 heterocycles. The Kier molecular flexibility index (Phi) is 5.95. The number of rotatable bonds is 6. The van der Waals surface area contributed by atoms with Gasteiger partial charge in [0, 0.05) is 17.3 Å². The zero-order chi connectivity index (χ0) is 22.8. The number of nitrogens with one attached hydrogen (secondary N) is 1. The third kappa shape index (κ3) is 5.55. The lowest BCUT2D eigenvalue weighted by Gasteiger charge is -2.17. The van der Waals surface area contributed by atoms with Crippen LogP contribution in [0.25, 0.3) is 16.9 Å². The zero-order valence-corrected chi connectivity index (χ0v) is 15.7. The quantitative estimate of drug-likeness (QED) is 0.580. The second kappa shape index (κ2) is 8.32. The first-order valence-electron chi connectivity index (χ1n) is 8.57. The van der Waals surface area contributed by atoms with E-state index in [1.807, 2.05) is 0 Å². The molecule has 166 valence electrons. The molecule has 13 heteroatoms. The predicted molar refractivity (Wildman–Crippen MR) is 95.3 cm³/mol. The van der Waals surface area contributed by atoms with Gasteiger partial charge in [-0.25, -0.2) is 4.57 Å². The van der Waals surface area contributed by atoms with E-state index in [1.165, 1.54) is 31.5 Å². The first-order valence-corrected chi connectivity index (χ1v) is 8.57. The molecule has 0 radical (unpaired) electrons. The molecule has 3 rings (SSSR count). The van der Waals surface area contributed by atoms with Gasteiger partial charge in [0.05, 0.1) is 17.6 Å². The van der Waals surface area contributed by atoms with Gasteiger partial charge in [0.1, 0.15) is 5.75 Å². The number of benzene rings is 1. The fourth-order valence-electron chi connectivity index (χ4n) is 2.57. The molecule has 0 saturated heterocycles. The molecule has 0 aliphatic rings. The van der Waals surface area contributed by atoms with Crippen LogP contribution < -0.4 is 15.0 Å². The van der Waals surface area contributed by atoms with Gasteiger partial charge in [-0.2, -0.15) is 36.4 Å². The minimum absolute atomic E-state index is 0.0240. The number of alkyl halides is 6. The fourth-order valence-corrected chi connectivity index (χ4v) is 2.57. The Labute approximate surface area is 170 Å². The van der Waals surface area contributed by atoms with Crippen LogP contribution in [-0.4, -0.2) is 45.3 Å². The van der Waals surface area contributed by atoms with Crippen molar-refractivity contribution in [3.05, 3.63) is 52.6 Å². The molecule has 0 spiro atoms. The van der Waals surface area contributed by atoms with Crippen LogP contribution in [0.3, 0.4) is 0 Å². The van der Waals surface area contributed by atoms with Gasteiger partial charge in [-0.05, 0) is 31.2 Å². The smallest absolute Gasteiger partial charge is 0.422 e. The number of aromatic amines is 1. The standard InChI is InChI=1S/C18H14F6N4O3/c1-10-14(11-6-25-26-7-11)27-16(31-9-18(22,23)24)28(15(10)29)12-2-4-13(5-3-12)30-8-17(19,20)21/h2-7H,8-9H2,1H3,(H,25,26). The largest absolute Gasteiger partial charge is 0.484 e. The summed E-state index contributed by atoms with van der Waals surface area (Å²) in [6.45, 7) is -1.81. The second-order valence-electron chi connectivity index (χ2n) is 6.30. The van der Waals surface area contributed by atoms with Crippen molar-refractivity contribution in [3.63, 3.8) is 0 Å². The summed E-state index contributed by atoms with van der Waals surface area (Å²) >= 11 is 0. The van der Waals surface area contributed by atoms with Gasteiger partial charge in [0.15, 0.2) is 13.2 Å². The van der Waals surface area contributed by atoms with Crippen molar-refractivity contribution in [1.82, 2.24) is 19.7 Å². The van der Waals surface area contributed by atoms with Gasteiger partial charge >= 0.3 is 18.4 Å². The van der Waals surface area contributed by atoms with E-state index in [0.717, 1.165) is 16.7 Å². The number of hydrogen-bond donors (Lipinski definition) is 1. The number of ether oxygens (including phenoxy) is 2. The molecule has 0 aliphatic carbocycles. The highest BCUT2D eigenvalue weighted by atomic mass is 19.4. The predicted octanol–water partition coefficient (Wildman–Crippen LogP) is 3.81. The number of halogens is 6. The lowest BCUT2D eigenvalue weighted by Crippen LogP contribution is -2.28. The molecule has 0 bridgehead atoms. The fraction of sp³-hybridized carbons (Fsp3) is 0.278. The maximum absolute atomic E-state index is 12.9. The highest BCUT2D eigenvalue weighted by molar-refractivity contribution is 5.61. The molecule has 0 aliphatic heterocycles. The molecule has 1 aromatic carbocycles. The van der Waals surface area contributed by atoms with Gasteiger partial charge in [-0.1, -0.05) is 0 Å². The first kappa shape index (κ1) is 22.2. The van der Waals surface area contributed by atoms with Gasteiger partial charge in [0.2, 0.25) is 0 Å². The van der Waals surface area contributed by atoms with Crippen molar-refractivity contribution in [2.45, 2.75) is 19.3 Å². The SMILES string of the molecule is Cc1c(-c2cn[nH]c2)nc(OCC(F)(F)F)n(-c2ccc(OCC(F)(F)F)cc2)c1=O. The summed E-state index contributed by atoms with van der Waals surface area (Å²) in [6.07, 6.45) is -6.50. The molecule has 0 fully saturated rings. The van der Waals surface area contributed by atoms with E-state index in [4.69, 9.17) is 4.74 Å². The summed E-state index contributed by atoms with van der Waals surface area (Å²) in [4.78, 5) is 17.0. The van der Waals surface area contributed by atoms with Crippen molar-refractivity contribution in [3.8, 4) is 28.7 Å². The molecule has 0 unspecified atom stereocenters. The third-order valence-electron chi connectivity index (χ3n) is 3.91. The van der Waals surface area contributed by atoms with E-state index in [0.29, 0.717) is 5.56 Å². The van der Waals surface area contributed by atoms with Crippen LogP contribution in [0.2, 0.25) is 0 Å². The molecular formula is C18H14F6N4O3. The van der Waals surface area contributed by atoms with E-state index in [1.54, 1.807) is 0 Å². The number of hydrogen-bond acceptors (Lipinski definition) is 5. The Bertz CT molecular complexity index is 1090. The Hall–Kier alpha value is -3.51. The molecule has 0 saturated carbocycles. The van der Waals surface area contributed by atoms with Crippen LogP contribution in [0.15, 0.2) is 41.5 Å². The van der Waals surface area contributed by atoms with Crippen molar-refractivity contribution < 1.29 is 35.8 Å². The minimum atomic E-state index is -4.70. The van der Waals surface area contributed by atoms with E-state index in [-0.39, 0.29) is 22.7 Å². The van der Waals surface area contributed by atoms with Crippen LogP contribution in [0.4, 0.5) is 26.3 Å². The highest BCUT2D eigenvalue weighted by Crippen LogP contribution is 2.26. The second-order valence-corrected chi connectivity index (χ2v) is 6.30. The summed E-state index contributed by atoms with van der Waals surface area (Å²) in [7, 11) is 0. The molecule has 3 aromatic rings. The Morgan fingerprint density at radius 3 is 2.16 bits per heavy atom. The van der Waals surface area contributed by atoms with Crippen LogP contribution in [-0.2, 0) is 0 Å². The van der Waals surface area contributed by atoms with Crippen LogP contribution in [0.5, 0.6) is 11.8 Å². The van der Waals surface area contributed by atoms with Crippen molar-refractivity contribution in [2.24, 2.45) is 0 Å².